The largest absolute Gasteiger partial charge is 0.399 e. The van der Waals surface area contributed by atoms with E-state index in [1.807, 2.05) is 24.3 Å². The number of rotatable bonds is 2. The molecule has 0 spiro atoms. The van der Waals surface area contributed by atoms with Crippen molar-refractivity contribution in [3.63, 3.8) is 0 Å². The molecule has 1 aliphatic rings. The van der Waals surface area contributed by atoms with Crippen LogP contribution in [0.5, 0.6) is 0 Å². The Labute approximate surface area is 113 Å². The monoisotopic (exact) mass is 257 g/mol. The van der Waals surface area contributed by atoms with Gasteiger partial charge in [0.25, 0.3) is 0 Å². The summed E-state index contributed by atoms with van der Waals surface area (Å²) in [6, 6.07) is 7.54. The fourth-order valence-corrected chi connectivity index (χ4v) is 2.96. The van der Waals surface area contributed by atoms with Crippen molar-refractivity contribution in [1.82, 2.24) is 10.1 Å². The number of benzene rings is 1. The highest BCUT2D eigenvalue weighted by Crippen LogP contribution is 2.73. The lowest BCUT2D eigenvalue weighted by atomic mass is 10.0. The van der Waals surface area contributed by atoms with Crippen molar-refractivity contribution in [1.29, 1.82) is 0 Å². The molecular formula is C15H19N3O. The van der Waals surface area contributed by atoms with Gasteiger partial charge in [-0.3, -0.25) is 0 Å². The van der Waals surface area contributed by atoms with Gasteiger partial charge in [-0.2, -0.15) is 4.98 Å². The van der Waals surface area contributed by atoms with Crippen molar-refractivity contribution in [3.8, 4) is 11.4 Å². The van der Waals surface area contributed by atoms with Crippen LogP contribution in [0.1, 0.15) is 39.5 Å². The molecule has 2 aromatic rings. The van der Waals surface area contributed by atoms with Gasteiger partial charge in [-0.1, -0.05) is 45.0 Å². The van der Waals surface area contributed by atoms with Crippen LogP contribution in [0.25, 0.3) is 11.4 Å². The molecule has 1 aromatic heterocycles. The van der Waals surface area contributed by atoms with E-state index in [4.69, 9.17) is 10.3 Å². The molecule has 1 aromatic carbocycles. The third-order valence-corrected chi connectivity index (χ3v) is 4.85. The molecule has 0 unspecified atom stereocenters. The Morgan fingerprint density at radius 1 is 1.16 bits per heavy atom. The number of nitrogen functional groups attached to an aromatic ring is 1. The Balaban J connectivity index is 1.94. The van der Waals surface area contributed by atoms with Crippen molar-refractivity contribution >= 4 is 5.69 Å². The zero-order valence-corrected chi connectivity index (χ0v) is 11.8. The molecule has 0 radical (unpaired) electrons. The number of aromatic nitrogens is 2. The first-order valence-electron chi connectivity index (χ1n) is 6.53. The summed E-state index contributed by atoms with van der Waals surface area (Å²) in [4.78, 5) is 4.54. The maximum absolute atomic E-state index is 5.77. The van der Waals surface area contributed by atoms with Crippen LogP contribution < -0.4 is 5.73 Å². The summed E-state index contributed by atoms with van der Waals surface area (Å²) < 4.78 is 5.45. The van der Waals surface area contributed by atoms with E-state index in [0.29, 0.717) is 17.4 Å². The minimum Gasteiger partial charge on any atom is -0.399 e. The maximum Gasteiger partial charge on any atom is 0.231 e. The molecule has 0 saturated heterocycles. The average molecular weight is 257 g/mol. The molecule has 0 aliphatic heterocycles. The van der Waals surface area contributed by atoms with E-state index in [2.05, 4.69) is 37.8 Å². The molecule has 1 fully saturated rings. The van der Waals surface area contributed by atoms with Gasteiger partial charge in [0.05, 0.1) is 0 Å². The average Bonchev–Trinajstić information content (AvgIpc) is 2.70. The first-order valence-corrected chi connectivity index (χ1v) is 6.53. The van der Waals surface area contributed by atoms with Crippen molar-refractivity contribution in [3.05, 3.63) is 30.2 Å². The minimum absolute atomic E-state index is 0.201. The highest BCUT2D eigenvalue weighted by molar-refractivity contribution is 5.60. The van der Waals surface area contributed by atoms with Crippen molar-refractivity contribution in [2.75, 3.05) is 5.73 Å². The van der Waals surface area contributed by atoms with Gasteiger partial charge in [0, 0.05) is 17.2 Å². The van der Waals surface area contributed by atoms with E-state index in [1.165, 1.54) is 0 Å². The topological polar surface area (TPSA) is 64.9 Å². The van der Waals surface area contributed by atoms with Gasteiger partial charge in [0.2, 0.25) is 11.7 Å². The summed E-state index contributed by atoms with van der Waals surface area (Å²) in [5.74, 6) is 1.66. The third-order valence-electron chi connectivity index (χ3n) is 4.85. The van der Waals surface area contributed by atoms with E-state index >= 15 is 0 Å². The number of hydrogen-bond acceptors (Lipinski definition) is 4. The zero-order valence-electron chi connectivity index (χ0n) is 11.8. The lowest BCUT2D eigenvalue weighted by Crippen LogP contribution is -1.95. The third kappa shape index (κ3) is 1.66. The number of hydrogen-bond donors (Lipinski definition) is 1. The quantitative estimate of drug-likeness (QED) is 0.837. The number of nitrogens with zero attached hydrogens (tertiary/aromatic N) is 2. The Kier molecular flexibility index (Phi) is 2.31. The summed E-state index contributed by atoms with van der Waals surface area (Å²) in [5.41, 5.74) is 7.78. The van der Waals surface area contributed by atoms with Crippen LogP contribution in [-0.2, 0) is 0 Å². The van der Waals surface area contributed by atoms with Crippen LogP contribution in [0.4, 0.5) is 5.69 Å². The summed E-state index contributed by atoms with van der Waals surface area (Å²) in [5, 5.41) is 4.08. The van der Waals surface area contributed by atoms with E-state index < -0.39 is 0 Å². The maximum atomic E-state index is 5.77. The molecule has 0 bridgehead atoms. The smallest absolute Gasteiger partial charge is 0.231 e. The Bertz CT molecular complexity index is 614. The second-order valence-corrected chi connectivity index (χ2v) is 6.46. The van der Waals surface area contributed by atoms with E-state index in [-0.39, 0.29) is 10.8 Å². The van der Waals surface area contributed by atoms with Crippen LogP contribution in [0.15, 0.2) is 28.8 Å². The predicted molar refractivity (Wildman–Crippen MR) is 74.4 cm³/mol. The van der Waals surface area contributed by atoms with Gasteiger partial charge >= 0.3 is 0 Å². The molecule has 0 atom stereocenters. The van der Waals surface area contributed by atoms with E-state index in [1.54, 1.807) is 0 Å². The predicted octanol–water partition coefficient (Wildman–Crippen LogP) is 3.47. The standard InChI is InChI=1S/C15H19N3O/c1-14(2)11(15(14,3)4)13-17-12(18-19-13)9-6-5-7-10(16)8-9/h5-8,11H,16H2,1-4H3. The van der Waals surface area contributed by atoms with E-state index in [9.17, 15) is 0 Å². The summed E-state index contributed by atoms with van der Waals surface area (Å²) in [6.07, 6.45) is 0. The molecule has 2 N–H and O–H groups in total. The van der Waals surface area contributed by atoms with Gasteiger partial charge in [0.1, 0.15) is 0 Å². The first kappa shape index (κ1) is 12.2. The van der Waals surface area contributed by atoms with Crippen LogP contribution in [-0.4, -0.2) is 10.1 Å². The Morgan fingerprint density at radius 2 is 1.84 bits per heavy atom. The van der Waals surface area contributed by atoms with E-state index in [0.717, 1.165) is 11.5 Å². The molecule has 3 rings (SSSR count). The molecule has 4 heteroatoms. The van der Waals surface area contributed by atoms with Crippen LogP contribution >= 0.6 is 0 Å². The van der Waals surface area contributed by atoms with Crippen LogP contribution in [0.2, 0.25) is 0 Å². The molecular weight excluding hydrogens is 238 g/mol. The van der Waals surface area contributed by atoms with Crippen molar-refractivity contribution in [2.24, 2.45) is 10.8 Å². The molecule has 100 valence electrons. The van der Waals surface area contributed by atoms with Crippen molar-refractivity contribution < 1.29 is 4.52 Å². The second-order valence-electron chi connectivity index (χ2n) is 6.46. The van der Waals surface area contributed by atoms with Gasteiger partial charge in [-0.05, 0) is 23.0 Å². The van der Waals surface area contributed by atoms with Crippen LogP contribution in [0.3, 0.4) is 0 Å². The lowest BCUT2D eigenvalue weighted by Gasteiger charge is -2.03. The molecule has 1 saturated carbocycles. The summed E-state index contributed by atoms with van der Waals surface area (Å²) >= 11 is 0. The number of nitrogens with two attached hydrogens (primary N) is 1. The fourth-order valence-electron chi connectivity index (χ4n) is 2.96. The Hall–Kier alpha value is -1.84. The Morgan fingerprint density at radius 3 is 2.42 bits per heavy atom. The molecule has 1 heterocycles. The van der Waals surface area contributed by atoms with Gasteiger partial charge < -0.3 is 10.3 Å². The molecule has 4 nitrogen and oxygen atoms in total. The van der Waals surface area contributed by atoms with Crippen molar-refractivity contribution in [2.45, 2.75) is 33.6 Å². The van der Waals surface area contributed by atoms with Gasteiger partial charge in [-0.25, -0.2) is 0 Å². The van der Waals surface area contributed by atoms with Crippen LogP contribution in [0, 0.1) is 10.8 Å². The fraction of sp³-hybridized carbons (Fsp3) is 0.467. The highest BCUT2D eigenvalue weighted by Gasteiger charge is 2.67. The minimum atomic E-state index is 0.201. The summed E-state index contributed by atoms with van der Waals surface area (Å²) in [6.45, 7) is 8.95. The molecule has 1 aliphatic carbocycles. The SMILES string of the molecule is CC1(C)C(c2nc(-c3cccc(N)c3)no2)C1(C)C. The molecule has 0 amide bonds. The zero-order chi connectivity index (χ0) is 13.8. The normalized spacial score (nSPS) is 20.4. The first-order chi connectivity index (χ1) is 8.84. The second kappa shape index (κ2) is 3.59. The lowest BCUT2D eigenvalue weighted by molar-refractivity contribution is 0.366. The highest BCUT2D eigenvalue weighted by atomic mass is 16.5. The van der Waals surface area contributed by atoms with Gasteiger partial charge in [0.15, 0.2) is 0 Å². The number of anilines is 1. The summed E-state index contributed by atoms with van der Waals surface area (Å²) in [7, 11) is 0. The van der Waals surface area contributed by atoms with Gasteiger partial charge in [-0.15, -0.1) is 0 Å². The molecule has 19 heavy (non-hydrogen) atoms.